The molecule has 0 saturated heterocycles. The van der Waals surface area contributed by atoms with Crippen LogP contribution in [-0.2, 0) is 13.5 Å². The fourth-order valence-electron chi connectivity index (χ4n) is 2.93. The number of aliphatic hydroxyl groups is 1. The minimum atomic E-state index is -0.222. The van der Waals surface area contributed by atoms with Gasteiger partial charge in [0.25, 0.3) is 0 Å². The summed E-state index contributed by atoms with van der Waals surface area (Å²) in [7, 11) is 1.88. The normalized spacial score (nSPS) is 35.2. The fourth-order valence-corrected chi connectivity index (χ4v) is 2.93. The average Bonchev–Trinajstić information content (AvgIpc) is 2.64. The topological polar surface area (TPSA) is 50.9 Å². The molecule has 0 aromatic carbocycles. The predicted molar refractivity (Wildman–Crippen MR) is 55.0 cm³/mol. The van der Waals surface area contributed by atoms with Gasteiger partial charge < -0.3 is 5.11 Å². The quantitative estimate of drug-likeness (QED) is 0.796. The third-order valence-electron chi connectivity index (χ3n) is 4.02. The van der Waals surface area contributed by atoms with Crippen LogP contribution < -0.4 is 0 Å². The summed E-state index contributed by atoms with van der Waals surface area (Å²) in [5, 5.41) is 14.1. The Morgan fingerprint density at radius 2 is 2.20 bits per heavy atom. The molecule has 0 aliphatic heterocycles. The molecule has 4 heteroatoms. The van der Waals surface area contributed by atoms with Gasteiger partial charge in [-0.1, -0.05) is 0 Å². The van der Waals surface area contributed by atoms with E-state index in [1.165, 1.54) is 19.3 Å². The zero-order valence-electron chi connectivity index (χ0n) is 9.00. The van der Waals surface area contributed by atoms with Crippen molar-refractivity contribution in [2.75, 3.05) is 0 Å². The number of nitrogens with zero attached hydrogens (tertiary/aromatic N) is 3. The Labute approximate surface area is 89.3 Å². The summed E-state index contributed by atoms with van der Waals surface area (Å²) in [5.41, 5.74) is 0. The van der Waals surface area contributed by atoms with Gasteiger partial charge in [-0.25, -0.2) is 4.98 Å². The summed E-state index contributed by atoms with van der Waals surface area (Å²) in [6, 6.07) is 0. The van der Waals surface area contributed by atoms with Gasteiger partial charge >= 0.3 is 0 Å². The zero-order valence-corrected chi connectivity index (χ0v) is 9.00. The van der Waals surface area contributed by atoms with Crippen molar-refractivity contribution in [3.63, 3.8) is 0 Å². The number of aromatic nitrogens is 3. The highest BCUT2D eigenvalue weighted by molar-refractivity contribution is 4.99. The van der Waals surface area contributed by atoms with E-state index in [1.807, 2.05) is 7.05 Å². The summed E-state index contributed by atoms with van der Waals surface area (Å²) >= 11 is 0. The second-order valence-corrected chi connectivity index (χ2v) is 5.06. The molecule has 82 valence electrons. The molecule has 15 heavy (non-hydrogen) atoms. The van der Waals surface area contributed by atoms with E-state index >= 15 is 0 Å². The molecule has 3 unspecified atom stereocenters. The summed E-state index contributed by atoms with van der Waals surface area (Å²) in [6.45, 7) is 0. The summed E-state index contributed by atoms with van der Waals surface area (Å²) in [6.07, 6.45) is 5.84. The maximum atomic E-state index is 10.1. The highest BCUT2D eigenvalue weighted by Crippen LogP contribution is 2.55. The first-order chi connectivity index (χ1) is 7.24. The van der Waals surface area contributed by atoms with Gasteiger partial charge in [-0.05, 0) is 37.0 Å². The maximum Gasteiger partial charge on any atom is 0.138 e. The lowest BCUT2D eigenvalue weighted by Crippen LogP contribution is -2.23. The Bertz CT molecular complexity index is 352. The summed E-state index contributed by atoms with van der Waals surface area (Å²) in [5.74, 6) is 3.27. The summed E-state index contributed by atoms with van der Waals surface area (Å²) < 4.78 is 1.75. The van der Waals surface area contributed by atoms with Crippen LogP contribution in [0.25, 0.3) is 0 Å². The van der Waals surface area contributed by atoms with Crippen LogP contribution in [0.2, 0.25) is 0 Å². The van der Waals surface area contributed by atoms with Crippen molar-refractivity contribution >= 4 is 0 Å². The van der Waals surface area contributed by atoms with E-state index < -0.39 is 0 Å². The molecule has 1 aromatic heterocycles. The molecule has 3 atom stereocenters. The lowest BCUT2D eigenvalue weighted by Gasteiger charge is -2.18. The molecule has 2 fully saturated rings. The number of aryl methyl sites for hydroxylation is 1. The van der Waals surface area contributed by atoms with Crippen LogP contribution >= 0.6 is 0 Å². The fraction of sp³-hybridized carbons (Fsp3) is 0.818. The molecule has 2 saturated carbocycles. The van der Waals surface area contributed by atoms with Gasteiger partial charge in [0.15, 0.2) is 0 Å². The van der Waals surface area contributed by atoms with Crippen molar-refractivity contribution in [3.05, 3.63) is 12.2 Å². The third-order valence-corrected chi connectivity index (χ3v) is 4.02. The average molecular weight is 207 g/mol. The first kappa shape index (κ1) is 9.33. The van der Waals surface area contributed by atoms with Gasteiger partial charge in [0.05, 0.1) is 6.10 Å². The van der Waals surface area contributed by atoms with E-state index in [0.717, 1.165) is 17.7 Å². The highest BCUT2D eigenvalue weighted by Gasteiger charge is 2.47. The van der Waals surface area contributed by atoms with Gasteiger partial charge in [0, 0.05) is 13.5 Å². The molecule has 1 aromatic rings. The predicted octanol–water partition coefficient (Wildman–Crippen LogP) is 0.765. The lowest BCUT2D eigenvalue weighted by molar-refractivity contribution is 0.101. The number of fused-ring (bicyclic) bond motifs is 1. The SMILES string of the molecule is Cn1ncnc1CC(O)C1CC2CC2C1. The Morgan fingerprint density at radius 1 is 1.47 bits per heavy atom. The first-order valence-electron chi connectivity index (χ1n) is 5.75. The Balaban J connectivity index is 1.61. The molecule has 0 amide bonds. The lowest BCUT2D eigenvalue weighted by atomic mass is 9.94. The van der Waals surface area contributed by atoms with Crippen LogP contribution in [0.1, 0.15) is 25.1 Å². The molecular formula is C11H17N3O. The smallest absolute Gasteiger partial charge is 0.138 e. The Kier molecular flexibility index (Phi) is 2.06. The molecule has 0 spiro atoms. The van der Waals surface area contributed by atoms with Crippen molar-refractivity contribution in [3.8, 4) is 0 Å². The van der Waals surface area contributed by atoms with E-state index in [1.54, 1.807) is 11.0 Å². The van der Waals surface area contributed by atoms with Crippen LogP contribution in [0.5, 0.6) is 0 Å². The zero-order chi connectivity index (χ0) is 10.4. The molecule has 1 heterocycles. The van der Waals surface area contributed by atoms with Crippen LogP contribution in [0.15, 0.2) is 6.33 Å². The molecule has 0 bridgehead atoms. The van der Waals surface area contributed by atoms with Gasteiger partial charge in [-0.2, -0.15) is 5.10 Å². The molecule has 2 aliphatic carbocycles. The van der Waals surface area contributed by atoms with Crippen molar-refractivity contribution in [2.24, 2.45) is 24.8 Å². The highest BCUT2D eigenvalue weighted by atomic mass is 16.3. The second kappa shape index (κ2) is 3.30. The van der Waals surface area contributed by atoms with E-state index in [2.05, 4.69) is 10.1 Å². The molecule has 3 rings (SSSR count). The van der Waals surface area contributed by atoms with Crippen LogP contribution in [0, 0.1) is 17.8 Å². The van der Waals surface area contributed by atoms with Crippen LogP contribution in [0.4, 0.5) is 0 Å². The minimum Gasteiger partial charge on any atom is -0.392 e. The van der Waals surface area contributed by atoms with Gasteiger partial charge in [0.1, 0.15) is 12.2 Å². The minimum absolute atomic E-state index is 0.222. The molecular weight excluding hydrogens is 190 g/mol. The van der Waals surface area contributed by atoms with E-state index in [-0.39, 0.29) is 6.10 Å². The summed E-state index contributed by atoms with van der Waals surface area (Å²) in [4.78, 5) is 4.15. The van der Waals surface area contributed by atoms with Gasteiger partial charge in [-0.15, -0.1) is 0 Å². The molecule has 1 N–H and O–H groups in total. The number of hydrogen-bond acceptors (Lipinski definition) is 3. The number of hydrogen-bond donors (Lipinski definition) is 1. The van der Waals surface area contributed by atoms with Crippen molar-refractivity contribution in [1.82, 2.24) is 14.8 Å². The van der Waals surface area contributed by atoms with Gasteiger partial charge in [0.2, 0.25) is 0 Å². The molecule has 0 radical (unpaired) electrons. The molecule has 2 aliphatic rings. The second-order valence-electron chi connectivity index (χ2n) is 5.06. The maximum absolute atomic E-state index is 10.1. The molecule has 4 nitrogen and oxygen atoms in total. The Morgan fingerprint density at radius 3 is 2.80 bits per heavy atom. The van der Waals surface area contributed by atoms with Crippen molar-refractivity contribution in [2.45, 2.75) is 31.8 Å². The largest absolute Gasteiger partial charge is 0.392 e. The van der Waals surface area contributed by atoms with Crippen LogP contribution in [-0.4, -0.2) is 26.0 Å². The van der Waals surface area contributed by atoms with Gasteiger partial charge in [-0.3, -0.25) is 4.68 Å². The van der Waals surface area contributed by atoms with Crippen LogP contribution in [0.3, 0.4) is 0 Å². The van der Waals surface area contributed by atoms with E-state index in [9.17, 15) is 5.11 Å². The standard InChI is InChI=1S/C11H17N3O/c1-14-11(12-6-13-14)5-10(15)9-3-7-2-8(7)4-9/h6-10,15H,2-5H2,1H3. The van der Waals surface area contributed by atoms with E-state index in [4.69, 9.17) is 0 Å². The Hall–Kier alpha value is -0.900. The number of aliphatic hydroxyl groups excluding tert-OH is 1. The van der Waals surface area contributed by atoms with Crippen molar-refractivity contribution in [1.29, 1.82) is 0 Å². The van der Waals surface area contributed by atoms with Crippen molar-refractivity contribution < 1.29 is 5.11 Å². The van der Waals surface area contributed by atoms with E-state index in [0.29, 0.717) is 12.3 Å². The number of rotatable bonds is 3. The first-order valence-corrected chi connectivity index (χ1v) is 5.75. The third kappa shape index (κ3) is 1.67. The monoisotopic (exact) mass is 207 g/mol.